The number of benzene rings is 8. The summed E-state index contributed by atoms with van der Waals surface area (Å²) in [5.41, 5.74) is 11.5. The van der Waals surface area contributed by atoms with E-state index in [-0.39, 0.29) is 12.6 Å². The van der Waals surface area contributed by atoms with Gasteiger partial charge in [0.1, 0.15) is 0 Å². The SMILES string of the molecule is N#Cc1ccc(N2c3ccccc3Oc3c2cc2c4c3C(c3ccccc3)c3ccccc3B4c3ccccc3[Si]2(c2ccccc2)c2ccccc2)cc1. The predicted octanol–water partition coefficient (Wildman–Crippen LogP) is 6.83. The van der Waals surface area contributed by atoms with Crippen LogP contribution in [0.15, 0.2) is 194 Å². The fourth-order valence-corrected chi connectivity index (χ4v) is 15.2. The second-order valence-electron chi connectivity index (χ2n) is 14.6. The number of anilines is 3. The molecule has 0 aromatic heterocycles. The molecule has 1 unspecified atom stereocenters. The highest BCUT2D eigenvalue weighted by Crippen LogP contribution is 2.54. The molecule has 3 aliphatic heterocycles. The zero-order chi connectivity index (χ0) is 36.5. The maximum Gasteiger partial charge on any atom is 0.241 e. The number of fused-ring (bicyclic) bond motifs is 7. The number of hydrogen-bond acceptors (Lipinski definition) is 3. The number of hydrogen-bond donors (Lipinski definition) is 0. The molecule has 0 fully saturated rings. The van der Waals surface area contributed by atoms with Crippen molar-refractivity contribution >= 4 is 69.0 Å². The molecule has 3 nitrogen and oxygen atoms in total. The second kappa shape index (κ2) is 12.3. The highest BCUT2D eigenvalue weighted by molar-refractivity contribution is 7.26. The molecule has 8 aromatic rings. The second-order valence-corrected chi connectivity index (χ2v) is 18.4. The van der Waals surface area contributed by atoms with E-state index in [0.717, 1.165) is 28.6 Å². The Morgan fingerprint density at radius 2 is 1.16 bits per heavy atom. The van der Waals surface area contributed by atoms with Crippen LogP contribution in [0.2, 0.25) is 0 Å². The van der Waals surface area contributed by atoms with Crippen LogP contribution in [0.1, 0.15) is 28.2 Å². The smallest absolute Gasteiger partial charge is 0.241 e. The Hall–Kier alpha value is -6.87. The predicted molar refractivity (Wildman–Crippen MR) is 228 cm³/mol. The average molecular weight is 717 g/mol. The van der Waals surface area contributed by atoms with Crippen molar-refractivity contribution in [3.63, 3.8) is 0 Å². The highest BCUT2D eigenvalue weighted by atomic mass is 28.3. The van der Waals surface area contributed by atoms with Crippen LogP contribution in [-0.2, 0) is 0 Å². The van der Waals surface area contributed by atoms with Crippen LogP contribution in [0.5, 0.6) is 11.5 Å². The molecule has 0 aliphatic carbocycles. The van der Waals surface area contributed by atoms with E-state index in [1.165, 1.54) is 53.8 Å². The summed E-state index contributed by atoms with van der Waals surface area (Å²) in [5, 5.41) is 15.3. The monoisotopic (exact) mass is 716 g/mol. The van der Waals surface area contributed by atoms with E-state index in [2.05, 4.69) is 193 Å². The number of para-hydroxylation sites is 2. The summed E-state index contributed by atoms with van der Waals surface area (Å²) in [5.74, 6) is 1.62. The van der Waals surface area contributed by atoms with Gasteiger partial charge in [-0.2, -0.15) is 5.26 Å². The molecule has 0 N–H and O–H groups in total. The molecule has 0 bridgehead atoms. The van der Waals surface area contributed by atoms with Gasteiger partial charge < -0.3 is 9.64 Å². The fourth-order valence-electron chi connectivity index (χ4n) is 9.86. The molecular weight excluding hydrogens is 683 g/mol. The number of rotatable bonds is 4. The Morgan fingerprint density at radius 3 is 1.87 bits per heavy atom. The van der Waals surface area contributed by atoms with Gasteiger partial charge in [-0.1, -0.05) is 168 Å². The van der Waals surface area contributed by atoms with Crippen molar-refractivity contribution in [3.05, 3.63) is 216 Å². The van der Waals surface area contributed by atoms with Gasteiger partial charge in [0, 0.05) is 17.2 Å². The molecule has 3 heterocycles. The third-order valence-corrected chi connectivity index (χ3v) is 16.9. The van der Waals surface area contributed by atoms with Crippen molar-refractivity contribution in [2.45, 2.75) is 5.92 Å². The van der Waals surface area contributed by atoms with Crippen molar-refractivity contribution in [1.82, 2.24) is 0 Å². The molecule has 0 saturated carbocycles. The van der Waals surface area contributed by atoms with Crippen LogP contribution < -0.4 is 46.8 Å². The maximum atomic E-state index is 9.78. The molecule has 5 heteroatoms. The van der Waals surface area contributed by atoms with Crippen LogP contribution in [0.3, 0.4) is 0 Å². The van der Waals surface area contributed by atoms with Crippen LogP contribution >= 0.6 is 0 Å². The van der Waals surface area contributed by atoms with E-state index in [4.69, 9.17) is 4.74 Å². The Kier molecular flexibility index (Phi) is 7.10. The minimum Gasteiger partial charge on any atom is -0.453 e. The summed E-state index contributed by atoms with van der Waals surface area (Å²) in [7, 11) is -3.00. The summed E-state index contributed by atoms with van der Waals surface area (Å²) in [6.45, 7) is 0.0137. The molecule has 3 aliphatic rings. The highest BCUT2D eigenvalue weighted by Gasteiger charge is 2.54. The number of nitriles is 1. The summed E-state index contributed by atoms with van der Waals surface area (Å²) < 4.78 is 7.30. The molecule has 11 rings (SSSR count). The maximum absolute atomic E-state index is 9.78. The van der Waals surface area contributed by atoms with E-state index in [1.807, 2.05) is 12.1 Å². The van der Waals surface area contributed by atoms with Gasteiger partial charge >= 0.3 is 0 Å². The van der Waals surface area contributed by atoms with Gasteiger partial charge in [-0.15, -0.1) is 0 Å². The zero-order valence-electron chi connectivity index (χ0n) is 29.9. The zero-order valence-corrected chi connectivity index (χ0v) is 30.9. The van der Waals surface area contributed by atoms with E-state index in [9.17, 15) is 5.26 Å². The van der Waals surface area contributed by atoms with Gasteiger partial charge in [0.15, 0.2) is 19.6 Å². The van der Waals surface area contributed by atoms with Crippen molar-refractivity contribution in [1.29, 1.82) is 5.26 Å². The molecule has 0 spiro atoms. The molecule has 0 radical (unpaired) electrons. The standard InChI is InChI=1S/C50H33BN2OSi/c52-33-34-28-30-36(31-29-34)53-42-25-13-14-26-44(42)54-50-43(53)32-46-49-48(50)47(35-16-4-1-5-17-35)39-22-10-11-23-40(39)51(49)41-24-12-15-27-45(41)55(46,37-18-6-2-7-19-37)38-20-8-3-9-21-38/h1-32,47H. The lowest BCUT2D eigenvalue weighted by Crippen LogP contribution is -2.87. The quantitative estimate of drug-likeness (QED) is 0.188. The fraction of sp³-hybridized carbons (Fsp3) is 0.0200. The summed E-state index contributed by atoms with van der Waals surface area (Å²) in [6.07, 6.45) is 0. The average Bonchev–Trinajstić information content (AvgIpc) is 3.26. The van der Waals surface area contributed by atoms with Gasteiger partial charge in [0.05, 0.1) is 23.0 Å². The van der Waals surface area contributed by atoms with Gasteiger partial charge in [-0.3, -0.25) is 0 Å². The minimum absolute atomic E-state index is 0.0137. The lowest BCUT2D eigenvalue weighted by atomic mass is 9.32. The van der Waals surface area contributed by atoms with Gasteiger partial charge in [-0.05, 0) is 74.3 Å². The summed E-state index contributed by atoms with van der Waals surface area (Å²) in [6, 6.07) is 73.0. The van der Waals surface area contributed by atoms with E-state index < -0.39 is 8.07 Å². The van der Waals surface area contributed by atoms with Crippen molar-refractivity contribution in [2.24, 2.45) is 0 Å². The van der Waals surface area contributed by atoms with Crippen LogP contribution in [0.4, 0.5) is 17.1 Å². The molecule has 1 atom stereocenters. The third-order valence-electron chi connectivity index (χ3n) is 12.0. The lowest BCUT2D eigenvalue weighted by molar-refractivity contribution is 0.470. The third kappa shape index (κ3) is 4.50. The van der Waals surface area contributed by atoms with Gasteiger partial charge in [0.25, 0.3) is 0 Å². The van der Waals surface area contributed by atoms with Crippen LogP contribution in [0.25, 0.3) is 0 Å². The summed E-state index contributed by atoms with van der Waals surface area (Å²) >= 11 is 0. The first kappa shape index (κ1) is 31.6. The first-order valence-electron chi connectivity index (χ1n) is 18.9. The molecule has 55 heavy (non-hydrogen) atoms. The number of ether oxygens (including phenoxy) is 1. The van der Waals surface area contributed by atoms with Gasteiger partial charge in [0.2, 0.25) is 6.71 Å². The molecule has 0 amide bonds. The largest absolute Gasteiger partial charge is 0.453 e. The van der Waals surface area contributed by atoms with Gasteiger partial charge in [-0.25, -0.2) is 0 Å². The Bertz CT molecular complexity index is 2780. The van der Waals surface area contributed by atoms with Crippen LogP contribution in [0, 0.1) is 11.3 Å². The van der Waals surface area contributed by atoms with E-state index in [0.29, 0.717) is 5.56 Å². The number of nitrogens with zero attached hydrogens (tertiary/aromatic N) is 2. The normalized spacial score (nSPS) is 15.3. The molecular formula is C50H33BN2OSi. The lowest BCUT2D eigenvalue weighted by Gasteiger charge is -2.48. The van der Waals surface area contributed by atoms with E-state index in [1.54, 1.807) is 0 Å². The van der Waals surface area contributed by atoms with E-state index >= 15 is 0 Å². The minimum atomic E-state index is -3.00. The summed E-state index contributed by atoms with van der Waals surface area (Å²) in [4.78, 5) is 2.36. The molecule has 8 aromatic carbocycles. The van der Waals surface area contributed by atoms with Crippen molar-refractivity contribution in [2.75, 3.05) is 4.90 Å². The van der Waals surface area contributed by atoms with Crippen LogP contribution in [-0.4, -0.2) is 14.8 Å². The van der Waals surface area contributed by atoms with Crippen molar-refractivity contribution in [3.8, 4) is 17.6 Å². The van der Waals surface area contributed by atoms with Crippen molar-refractivity contribution < 1.29 is 4.74 Å². The molecule has 0 saturated heterocycles. The molecule has 256 valence electrons. The first-order valence-corrected chi connectivity index (χ1v) is 20.9. The topological polar surface area (TPSA) is 36.3 Å². The first-order chi connectivity index (χ1) is 27.3. The Balaban J connectivity index is 1.36. The Morgan fingerprint density at radius 1 is 0.564 bits per heavy atom. The Labute approximate surface area is 322 Å².